The Labute approximate surface area is 70.7 Å². The van der Waals surface area contributed by atoms with Crippen molar-refractivity contribution in [3.63, 3.8) is 0 Å². The highest BCUT2D eigenvalue weighted by Crippen LogP contribution is 2.29. The van der Waals surface area contributed by atoms with E-state index in [1.165, 1.54) is 0 Å². The summed E-state index contributed by atoms with van der Waals surface area (Å²) in [5.74, 6) is -2.35. The largest absolute Gasteiger partial charge is 0.481 e. The maximum absolute atomic E-state index is 10.8. The van der Waals surface area contributed by atoms with Gasteiger partial charge >= 0.3 is 5.97 Å². The van der Waals surface area contributed by atoms with Crippen LogP contribution in [0.2, 0.25) is 0 Å². The maximum atomic E-state index is 10.8. The molecule has 0 aromatic rings. The zero-order valence-electron chi connectivity index (χ0n) is 6.82. The number of carbonyl (C=O) groups is 2. The zero-order chi connectivity index (χ0) is 9.14. The van der Waals surface area contributed by atoms with Gasteiger partial charge in [-0.05, 0) is 12.8 Å². The van der Waals surface area contributed by atoms with Gasteiger partial charge in [0.25, 0.3) is 0 Å². The summed E-state index contributed by atoms with van der Waals surface area (Å²) in [5, 5.41) is 8.75. The monoisotopic (exact) mass is 171 g/mol. The Kier molecular flexibility index (Phi) is 2.68. The molecule has 1 fully saturated rings. The third-order valence-corrected chi connectivity index (χ3v) is 2.45. The molecule has 12 heavy (non-hydrogen) atoms. The predicted octanol–water partition coefficient (Wildman–Crippen LogP) is 0.363. The first-order valence-electron chi connectivity index (χ1n) is 4.15. The normalized spacial score (nSPS) is 29.7. The summed E-state index contributed by atoms with van der Waals surface area (Å²) in [5.41, 5.74) is 5.09. The Balaban J connectivity index is 2.67. The molecule has 1 aliphatic carbocycles. The van der Waals surface area contributed by atoms with Gasteiger partial charge in [0, 0.05) is 0 Å². The Hall–Kier alpha value is -1.06. The molecule has 0 spiro atoms. The summed E-state index contributed by atoms with van der Waals surface area (Å²) in [6.07, 6.45) is 3.02. The fraction of sp³-hybridized carbons (Fsp3) is 0.750. The minimum Gasteiger partial charge on any atom is -0.481 e. The number of amides is 1. The first kappa shape index (κ1) is 9.03. The molecule has 0 bridgehead atoms. The van der Waals surface area contributed by atoms with E-state index in [1.54, 1.807) is 0 Å². The average Bonchev–Trinajstić information content (AvgIpc) is 2.04. The van der Waals surface area contributed by atoms with E-state index in [-0.39, 0.29) is 0 Å². The van der Waals surface area contributed by atoms with Gasteiger partial charge < -0.3 is 10.8 Å². The Morgan fingerprint density at radius 2 is 1.67 bits per heavy atom. The molecule has 0 aromatic heterocycles. The van der Waals surface area contributed by atoms with Gasteiger partial charge in [0.05, 0.1) is 11.8 Å². The second-order valence-electron chi connectivity index (χ2n) is 3.24. The van der Waals surface area contributed by atoms with Crippen LogP contribution in [0.1, 0.15) is 25.7 Å². The van der Waals surface area contributed by atoms with Crippen LogP contribution < -0.4 is 5.73 Å². The molecule has 68 valence electrons. The summed E-state index contributed by atoms with van der Waals surface area (Å²) in [6, 6.07) is 0. The number of carboxylic acid groups (broad SMARTS) is 1. The van der Waals surface area contributed by atoms with Crippen molar-refractivity contribution < 1.29 is 14.7 Å². The van der Waals surface area contributed by atoms with Gasteiger partial charge in [0.2, 0.25) is 5.91 Å². The first-order valence-corrected chi connectivity index (χ1v) is 4.15. The van der Waals surface area contributed by atoms with Crippen molar-refractivity contribution in [3.8, 4) is 0 Å². The molecule has 0 aromatic carbocycles. The van der Waals surface area contributed by atoms with Crippen molar-refractivity contribution >= 4 is 11.9 Å². The van der Waals surface area contributed by atoms with E-state index in [1.807, 2.05) is 0 Å². The van der Waals surface area contributed by atoms with Crippen molar-refractivity contribution in [3.05, 3.63) is 0 Å². The smallest absolute Gasteiger partial charge is 0.307 e. The fourth-order valence-corrected chi connectivity index (χ4v) is 1.77. The lowest BCUT2D eigenvalue weighted by Gasteiger charge is -2.25. The molecule has 0 heterocycles. The van der Waals surface area contributed by atoms with Gasteiger partial charge in [-0.2, -0.15) is 0 Å². The molecule has 0 radical (unpaired) electrons. The van der Waals surface area contributed by atoms with E-state index in [4.69, 9.17) is 10.8 Å². The molecule has 0 saturated heterocycles. The summed E-state index contributed by atoms with van der Waals surface area (Å²) >= 11 is 0. The summed E-state index contributed by atoms with van der Waals surface area (Å²) in [7, 11) is 0. The standard InChI is InChI=1S/C8H13NO3/c9-7(10)5-3-1-2-4-6(5)8(11)12/h5-6H,1-4H2,(H2,9,10)(H,11,12)/t5-,6-/m1/s1. The molecular formula is C8H13NO3. The van der Waals surface area contributed by atoms with Crippen LogP contribution in [0.4, 0.5) is 0 Å². The van der Waals surface area contributed by atoms with Crippen molar-refractivity contribution in [2.24, 2.45) is 17.6 Å². The Morgan fingerprint density at radius 1 is 1.17 bits per heavy atom. The van der Waals surface area contributed by atoms with Crippen molar-refractivity contribution in [2.75, 3.05) is 0 Å². The number of carbonyl (C=O) groups excluding carboxylic acids is 1. The number of nitrogens with two attached hydrogens (primary N) is 1. The number of primary amides is 1. The Morgan fingerprint density at radius 3 is 2.00 bits per heavy atom. The topological polar surface area (TPSA) is 80.4 Å². The highest BCUT2D eigenvalue weighted by molar-refractivity contribution is 5.83. The Bertz CT molecular complexity index is 180. The van der Waals surface area contributed by atoms with Crippen LogP contribution in [0.5, 0.6) is 0 Å². The summed E-state index contributed by atoms with van der Waals surface area (Å²) < 4.78 is 0. The van der Waals surface area contributed by atoms with E-state index in [0.717, 1.165) is 12.8 Å². The molecule has 1 rings (SSSR count). The van der Waals surface area contributed by atoms with Gasteiger partial charge in [-0.3, -0.25) is 9.59 Å². The third-order valence-electron chi connectivity index (χ3n) is 2.45. The molecule has 1 amide bonds. The minimum atomic E-state index is -0.890. The highest BCUT2D eigenvalue weighted by atomic mass is 16.4. The predicted molar refractivity (Wildman–Crippen MR) is 42.3 cm³/mol. The van der Waals surface area contributed by atoms with Crippen molar-refractivity contribution in [1.29, 1.82) is 0 Å². The van der Waals surface area contributed by atoms with Crippen molar-refractivity contribution in [1.82, 2.24) is 0 Å². The van der Waals surface area contributed by atoms with Crippen LogP contribution in [0.3, 0.4) is 0 Å². The molecule has 2 atom stereocenters. The van der Waals surface area contributed by atoms with Crippen molar-refractivity contribution in [2.45, 2.75) is 25.7 Å². The second kappa shape index (κ2) is 3.56. The van der Waals surface area contributed by atoms with Gasteiger partial charge in [-0.1, -0.05) is 12.8 Å². The van der Waals surface area contributed by atoms with Crippen LogP contribution in [0, 0.1) is 11.8 Å². The highest BCUT2D eigenvalue weighted by Gasteiger charge is 2.34. The molecule has 1 saturated carbocycles. The maximum Gasteiger partial charge on any atom is 0.307 e. The van der Waals surface area contributed by atoms with Crippen LogP contribution in [0.15, 0.2) is 0 Å². The number of carboxylic acids is 1. The van der Waals surface area contributed by atoms with E-state index in [0.29, 0.717) is 12.8 Å². The van der Waals surface area contributed by atoms with Gasteiger partial charge in [-0.25, -0.2) is 0 Å². The quantitative estimate of drug-likeness (QED) is 0.629. The molecule has 4 nitrogen and oxygen atoms in total. The second-order valence-corrected chi connectivity index (χ2v) is 3.24. The van der Waals surface area contributed by atoms with Crippen LogP contribution in [0.25, 0.3) is 0 Å². The molecule has 4 heteroatoms. The SMILES string of the molecule is NC(=O)[C@@H]1CCCC[C@H]1C(=O)O. The van der Waals surface area contributed by atoms with Gasteiger partial charge in [0.15, 0.2) is 0 Å². The molecule has 0 aliphatic heterocycles. The third kappa shape index (κ3) is 1.75. The fourth-order valence-electron chi connectivity index (χ4n) is 1.77. The number of rotatable bonds is 2. The van der Waals surface area contributed by atoms with E-state index < -0.39 is 23.7 Å². The van der Waals surface area contributed by atoms with Crippen LogP contribution >= 0.6 is 0 Å². The molecule has 1 aliphatic rings. The number of hydrogen-bond donors (Lipinski definition) is 2. The van der Waals surface area contributed by atoms with Crippen LogP contribution in [-0.2, 0) is 9.59 Å². The summed E-state index contributed by atoms with van der Waals surface area (Å²) in [6.45, 7) is 0. The van der Waals surface area contributed by atoms with Crippen LogP contribution in [-0.4, -0.2) is 17.0 Å². The van der Waals surface area contributed by atoms with E-state index >= 15 is 0 Å². The lowest BCUT2D eigenvalue weighted by Crippen LogP contribution is -2.36. The van der Waals surface area contributed by atoms with Gasteiger partial charge in [0.1, 0.15) is 0 Å². The lowest BCUT2D eigenvalue weighted by atomic mass is 9.79. The zero-order valence-corrected chi connectivity index (χ0v) is 6.82. The molecular weight excluding hydrogens is 158 g/mol. The average molecular weight is 171 g/mol. The molecule has 0 unspecified atom stereocenters. The lowest BCUT2D eigenvalue weighted by molar-refractivity contribution is -0.148. The number of aliphatic carboxylic acids is 1. The minimum absolute atomic E-state index is 0.448. The van der Waals surface area contributed by atoms with Gasteiger partial charge in [-0.15, -0.1) is 0 Å². The summed E-state index contributed by atoms with van der Waals surface area (Å²) in [4.78, 5) is 21.5. The number of hydrogen-bond acceptors (Lipinski definition) is 2. The first-order chi connectivity index (χ1) is 5.63. The molecule has 3 N–H and O–H groups in total. The van der Waals surface area contributed by atoms with E-state index in [2.05, 4.69) is 0 Å². The van der Waals surface area contributed by atoms with E-state index in [9.17, 15) is 9.59 Å².